The van der Waals surface area contributed by atoms with Crippen LogP contribution in [-0.4, -0.2) is 21.4 Å². The Bertz CT molecular complexity index is 943. The second kappa shape index (κ2) is 5.88. The average molecular weight is 358 g/mol. The first-order valence-corrected chi connectivity index (χ1v) is 9.60. The molecule has 1 N–H and O–H groups in total. The highest BCUT2D eigenvalue weighted by Crippen LogP contribution is 2.33. The first kappa shape index (κ1) is 17.5. The SMILES string of the molecule is CN1C(=O)Cc2cc(S(=O)(=O)Nc3ccccc3C(C)(C)C)ccc21. The third-order valence-electron chi connectivity index (χ3n) is 4.42. The number of carbonyl (C=O) groups excluding carboxylic acids is 1. The summed E-state index contributed by atoms with van der Waals surface area (Å²) in [5.74, 6) is -0.0319. The molecule has 5 nitrogen and oxygen atoms in total. The molecular formula is C19H22N2O3S. The van der Waals surface area contributed by atoms with Crippen LogP contribution in [0.5, 0.6) is 0 Å². The number of para-hydroxylation sites is 1. The Labute approximate surface area is 148 Å². The Morgan fingerprint density at radius 1 is 1.08 bits per heavy atom. The lowest BCUT2D eigenvalue weighted by atomic mass is 9.86. The number of rotatable bonds is 3. The lowest BCUT2D eigenvalue weighted by molar-refractivity contribution is -0.117. The molecule has 0 spiro atoms. The maximum atomic E-state index is 12.8. The number of anilines is 2. The number of nitrogens with zero attached hydrogens (tertiary/aromatic N) is 1. The van der Waals surface area contributed by atoms with Crippen molar-refractivity contribution in [1.82, 2.24) is 0 Å². The second-order valence-corrected chi connectivity index (χ2v) is 9.00. The first-order valence-electron chi connectivity index (χ1n) is 8.11. The van der Waals surface area contributed by atoms with Crippen LogP contribution in [0.25, 0.3) is 0 Å². The number of nitrogens with one attached hydrogen (secondary N) is 1. The van der Waals surface area contributed by atoms with Crippen molar-refractivity contribution in [2.75, 3.05) is 16.7 Å². The van der Waals surface area contributed by atoms with E-state index in [9.17, 15) is 13.2 Å². The van der Waals surface area contributed by atoms with Crippen LogP contribution in [0.1, 0.15) is 31.9 Å². The normalized spacial score (nSPS) is 14.6. The van der Waals surface area contributed by atoms with E-state index in [0.29, 0.717) is 5.69 Å². The summed E-state index contributed by atoms with van der Waals surface area (Å²) < 4.78 is 28.4. The summed E-state index contributed by atoms with van der Waals surface area (Å²) in [7, 11) is -2.04. The summed E-state index contributed by atoms with van der Waals surface area (Å²) in [4.78, 5) is 13.5. The highest BCUT2D eigenvalue weighted by molar-refractivity contribution is 7.92. The van der Waals surface area contributed by atoms with Crippen molar-refractivity contribution in [2.45, 2.75) is 37.5 Å². The zero-order valence-electron chi connectivity index (χ0n) is 14.8. The van der Waals surface area contributed by atoms with Crippen LogP contribution in [0.3, 0.4) is 0 Å². The molecule has 1 aliphatic heterocycles. The lowest BCUT2D eigenvalue weighted by Gasteiger charge is -2.23. The predicted molar refractivity (Wildman–Crippen MR) is 99.5 cm³/mol. The highest BCUT2D eigenvalue weighted by Gasteiger charge is 2.27. The number of carbonyl (C=O) groups is 1. The summed E-state index contributed by atoms with van der Waals surface area (Å²) in [5.41, 5.74) is 2.81. The molecule has 1 amide bonds. The van der Waals surface area contributed by atoms with E-state index in [1.165, 1.54) is 6.07 Å². The molecule has 1 aliphatic rings. The van der Waals surface area contributed by atoms with Crippen molar-refractivity contribution in [3.05, 3.63) is 53.6 Å². The average Bonchev–Trinajstić information content (AvgIpc) is 2.81. The second-order valence-electron chi connectivity index (χ2n) is 7.32. The predicted octanol–water partition coefficient (Wildman–Crippen LogP) is 3.30. The molecule has 0 radical (unpaired) electrons. The van der Waals surface area contributed by atoms with Crippen molar-refractivity contribution in [3.8, 4) is 0 Å². The van der Waals surface area contributed by atoms with Crippen LogP contribution in [0.4, 0.5) is 11.4 Å². The Hall–Kier alpha value is -2.34. The molecule has 6 heteroatoms. The fourth-order valence-corrected chi connectivity index (χ4v) is 4.17. The molecule has 0 fully saturated rings. The molecule has 0 atom stereocenters. The molecule has 2 aromatic rings. The molecule has 0 aliphatic carbocycles. The van der Waals surface area contributed by atoms with Crippen molar-refractivity contribution in [2.24, 2.45) is 0 Å². The molecule has 3 rings (SSSR count). The number of amides is 1. The molecule has 1 heterocycles. The van der Waals surface area contributed by atoms with E-state index in [-0.39, 0.29) is 22.6 Å². The molecule has 25 heavy (non-hydrogen) atoms. The molecule has 0 saturated carbocycles. The molecule has 132 valence electrons. The van der Waals surface area contributed by atoms with Crippen LogP contribution in [0, 0.1) is 0 Å². The van der Waals surface area contributed by atoms with E-state index in [2.05, 4.69) is 4.72 Å². The fourth-order valence-electron chi connectivity index (χ4n) is 3.04. The summed E-state index contributed by atoms with van der Waals surface area (Å²) in [6, 6.07) is 12.2. The Balaban J connectivity index is 1.98. The monoisotopic (exact) mass is 358 g/mol. The van der Waals surface area contributed by atoms with Gasteiger partial charge < -0.3 is 4.90 Å². The highest BCUT2D eigenvalue weighted by atomic mass is 32.2. The number of hydrogen-bond donors (Lipinski definition) is 1. The third kappa shape index (κ3) is 3.26. The van der Waals surface area contributed by atoms with Gasteiger partial charge in [0.25, 0.3) is 10.0 Å². The standard InChI is InChI=1S/C19H22N2O3S/c1-19(2,3)15-7-5-6-8-16(15)20-25(23,24)14-9-10-17-13(11-14)12-18(22)21(17)4/h5-11,20H,12H2,1-4H3. The quantitative estimate of drug-likeness (QED) is 0.915. The van der Waals surface area contributed by atoms with Gasteiger partial charge in [0.2, 0.25) is 5.91 Å². The smallest absolute Gasteiger partial charge is 0.261 e. The zero-order chi connectivity index (χ0) is 18.4. The van der Waals surface area contributed by atoms with Crippen molar-refractivity contribution >= 4 is 27.3 Å². The number of sulfonamides is 1. The van der Waals surface area contributed by atoms with Crippen LogP contribution < -0.4 is 9.62 Å². The topological polar surface area (TPSA) is 66.5 Å². The molecule has 0 aromatic heterocycles. The molecule has 2 aromatic carbocycles. The fraction of sp³-hybridized carbons (Fsp3) is 0.316. The van der Waals surface area contributed by atoms with Gasteiger partial charge in [-0.3, -0.25) is 9.52 Å². The maximum Gasteiger partial charge on any atom is 0.261 e. The molecular weight excluding hydrogens is 336 g/mol. The van der Waals surface area contributed by atoms with E-state index in [4.69, 9.17) is 0 Å². The summed E-state index contributed by atoms with van der Waals surface area (Å²) >= 11 is 0. The largest absolute Gasteiger partial charge is 0.315 e. The van der Waals surface area contributed by atoms with E-state index >= 15 is 0 Å². The lowest BCUT2D eigenvalue weighted by Crippen LogP contribution is -2.20. The van der Waals surface area contributed by atoms with Crippen molar-refractivity contribution in [1.29, 1.82) is 0 Å². The van der Waals surface area contributed by atoms with E-state index in [1.807, 2.05) is 39.0 Å². The van der Waals surface area contributed by atoms with Gasteiger partial charge in [-0.25, -0.2) is 8.42 Å². The van der Waals surface area contributed by atoms with Gasteiger partial charge in [0.05, 0.1) is 17.0 Å². The van der Waals surface area contributed by atoms with Crippen molar-refractivity contribution < 1.29 is 13.2 Å². The van der Waals surface area contributed by atoms with Crippen molar-refractivity contribution in [3.63, 3.8) is 0 Å². The minimum Gasteiger partial charge on any atom is -0.315 e. The molecule has 0 saturated heterocycles. The van der Waals surface area contributed by atoms with Gasteiger partial charge in [-0.2, -0.15) is 0 Å². The van der Waals surface area contributed by atoms with Gasteiger partial charge in [-0.15, -0.1) is 0 Å². The van der Waals surface area contributed by atoms with Gasteiger partial charge in [0.15, 0.2) is 0 Å². The summed E-state index contributed by atoms with van der Waals surface area (Å²) in [6.45, 7) is 6.12. The molecule has 0 bridgehead atoms. The summed E-state index contributed by atoms with van der Waals surface area (Å²) in [6.07, 6.45) is 0.230. The summed E-state index contributed by atoms with van der Waals surface area (Å²) in [5, 5.41) is 0. The van der Waals surface area contributed by atoms with Crippen LogP contribution in [-0.2, 0) is 26.7 Å². The number of hydrogen-bond acceptors (Lipinski definition) is 3. The minimum atomic E-state index is -3.73. The van der Waals surface area contributed by atoms with Gasteiger partial charge in [-0.1, -0.05) is 39.0 Å². The number of likely N-dealkylation sites (N-methyl/N-ethyl adjacent to an activating group) is 1. The third-order valence-corrected chi connectivity index (χ3v) is 5.78. The maximum absolute atomic E-state index is 12.8. The van der Waals surface area contributed by atoms with Crippen LogP contribution >= 0.6 is 0 Å². The van der Waals surface area contributed by atoms with Gasteiger partial charge in [-0.05, 0) is 40.8 Å². The Kier molecular flexibility index (Phi) is 4.11. The van der Waals surface area contributed by atoms with E-state index < -0.39 is 10.0 Å². The number of fused-ring (bicyclic) bond motifs is 1. The zero-order valence-corrected chi connectivity index (χ0v) is 15.6. The Morgan fingerprint density at radius 3 is 2.44 bits per heavy atom. The Morgan fingerprint density at radius 2 is 1.76 bits per heavy atom. The van der Waals surface area contributed by atoms with E-state index in [0.717, 1.165) is 16.8 Å². The van der Waals surface area contributed by atoms with Gasteiger partial charge in [0.1, 0.15) is 0 Å². The number of benzene rings is 2. The van der Waals surface area contributed by atoms with Crippen LogP contribution in [0.15, 0.2) is 47.4 Å². The van der Waals surface area contributed by atoms with E-state index in [1.54, 1.807) is 30.1 Å². The van der Waals surface area contributed by atoms with Crippen LogP contribution in [0.2, 0.25) is 0 Å². The minimum absolute atomic E-state index is 0.0319. The van der Waals surface area contributed by atoms with Gasteiger partial charge >= 0.3 is 0 Å². The first-order chi connectivity index (χ1) is 11.6. The molecule has 0 unspecified atom stereocenters. The van der Waals surface area contributed by atoms with Gasteiger partial charge in [0, 0.05) is 12.7 Å².